The average Bonchev–Trinajstić information content (AvgIpc) is 2.76. The molecule has 1 aromatic rings. The summed E-state index contributed by atoms with van der Waals surface area (Å²) < 4.78 is 11.9. The number of carbonyl (C=O) groups excluding carboxylic acids is 2. The molecule has 2 amide bonds. The molecule has 31 heavy (non-hydrogen) atoms. The van der Waals surface area contributed by atoms with E-state index >= 15 is 0 Å². The first-order valence-corrected chi connectivity index (χ1v) is 14.3. The van der Waals surface area contributed by atoms with Gasteiger partial charge in [0, 0.05) is 6.42 Å². The maximum absolute atomic E-state index is 12.3. The first-order chi connectivity index (χ1) is 15.1. The van der Waals surface area contributed by atoms with E-state index in [2.05, 4.69) is 12.2 Å². The number of benzene rings is 1. The van der Waals surface area contributed by atoms with Crippen molar-refractivity contribution in [2.75, 3.05) is 0 Å². The molecule has 0 aliphatic heterocycles. The molecule has 1 N–H and O–H groups in total. The molecule has 0 saturated heterocycles. The molecule has 0 aliphatic rings. The summed E-state index contributed by atoms with van der Waals surface area (Å²) in [6.07, 6.45) is 19.7. The second kappa shape index (κ2) is 18.5. The molecule has 0 heterocycles. The summed E-state index contributed by atoms with van der Waals surface area (Å²) in [7, 11) is 0. The van der Waals surface area contributed by atoms with Crippen LogP contribution >= 0.6 is 21.2 Å². The van der Waals surface area contributed by atoms with Crippen molar-refractivity contribution in [1.82, 2.24) is 5.32 Å². The van der Waals surface area contributed by atoms with Crippen molar-refractivity contribution in [3.05, 3.63) is 32.9 Å². The van der Waals surface area contributed by atoms with Gasteiger partial charge in [-0.3, -0.25) is 18.0 Å². The number of carbonyl (C=O) groups is 2. The predicted octanol–water partition coefficient (Wildman–Crippen LogP) is 8.00. The maximum atomic E-state index is 12.3. The van der Waals surface area contributed by atoms with E-state index in [1.807, 2.05) is 13.0 Å². The Hall–Kier alpha value is -1.11. The number of rotatable bonds is 18. The van der Waals surface area contributed by atoms with E-state index in [9.17, 15) is 12.7 Å². The maximum Gasteiger partial charge on any atom is 0.259 e. The van der Waals surface area contributed by atoms with Crippen molar-refractivity contribution in [1.29, 1.82) is 0 Å². The number of hydrogen-bond donors (Lipinski definition) is 1. The van der Waals surface area contributed by atoms with Crippen LogP contribution in [0.3, 0.4) is 0 Å². The molecular formula is C26H42INO3. The van der Waals surface area contributed by atoms with E-state index in [0.717, 1.165) is 24.8 Å². The smallest absolute Gasteiger partial charge is 0.259 e. The van der Waals surface area contributed by atoms with Crippen LogP contribution in [-0.4, -0.2) is 11.8 Å². The fourth-order valence-corrected chi connectivity index (χ4v) is 4.76. The van der Waals surface area contributed by atoms with Gasteiger partial charge in [0.2, 0.25) is 5.91 Å². The number of unbranched alkanes of at least 4 members (excludes halogenated alkanes) is 14. The number of imide groups is 1. The van der Waals surface area contributed by atoms with Crippen LogP contribution in [0.25, 0.3) is 0 Å². The number of aryl methyl sites for hydroxylation is 1. The zero-order valence-electron chi connectivity index (χ0n) is 19.6. The highest BCUT2D eigenvalue weighted by Crippen LogP contribution is 2.18. The second-order valence-electron chi connectivity index (χ2n) is 8.64. The van der Waals surface area contributed by atoms with Crippen molar-refractivity contribution in [2.45, 2.75) is 117 Å². The number of halogens is 1. The van der Waals surface area contributed by atoms with Gasteiger partial charge in [-0.05, 0) is 25.5 Å². The zero-order chi connectivity index (χ0) is 22.7. The third kappa shape index (κ3) is 13.8. The van der Waals surface area contributed by atoms with Crippen molar-refractivity contribution in [3.63, 3.8) is 0 Å². The van der Waals surface area contributed by atoms with Gasteiger partial charge in [-0.2, -0.15) is 0 Å². The second-order valence-corrected chi connectivity index (χ2v) is 10.2. The van der Waals surface area contributed by atoms with E-state index in [-0.39, 0.29) is 5.91 Å². The van der Waals surface area contributed by atoms with Crippen LogP contribution in [0, 0.1) is 10.5 Å². The Morgan fingerprint density at radius 2 is 1.26 bits per heavy atom. The van der Waals surface area contributed by atoms with Gasteiger partial charge in [-0.15, -0.1) is 0 Å². The highest BCUT2D eigenvalue weighted by molar-refractivity contribution is 14.1. The lowest BCUT2D eigenvalue weighted by atomic mass is 10.0. The minimum Gasteiger partial charge on any atom is -0.292 e. The Kier molecular flexibility index (Phi) is 16.6. The van der Waals surface area contributed by atoms with Crippen molar-refractivity contribution >= 4 is 33.0 Å². The first kappa shape index (κ1) is 27.9. The lowest BCUT2D eigenvalue weighted by molar-refractivity contribution is -0.120. The fourth-order valence-electron chi connectivity index (χ4n) is 3.79. The molecule has 0 atom stereocenters. The predicted molar refractivity (Wildman–Crippen MR) is 137 cm³/mol. The van der Waals surface area contributed by atoms with Gasteiger partial charge in [0.25, 0.3) is 5.91 Å². The standard InChI is InChI=1S/C26H42INO3/c1-3-4-5-6-7-8-9-10-11-12-13-14-15-16-17-18-25(29)28-26(30)23-21-22(2)19-20-24(23)27-31/h19-21H,3-18H2,1-2H3,(H,28,29,30). The Bertz CT molecular complexity index is 660. The van der Waals surface area contributed by atoms with Crippen LogP contribution in [0.4, 0.5) is 0 Å². The van der Waals surface area contributed by atoms with Crippen molar-refractivity contribution in [2.24, 2.45) is 0 Å². The van der Waals surface area contributed by atoms with Crippen LogP contribution in [-0.2, 0) is 7.86 Å². The number of amides is 2. The van der Waals surface area contributed by atoms with E-state index in [4.69, 9.17) is 0 Å². The minimum absolute atomic E-state index is 0.240. The van der Waals surface area contributed by atoms with Crippen LogP contribution < -0.4 is 5.32 Å². The van der Waals surface area contributed by atoms with Crippen LogP contribution in [0.1, 0.15) is 126 Å². The summed E-state index contributed by atoms with van der Waals surface area (Å²) in [4.78, 5) is 24.3. The zero-order valence-corrected chi connectivity index (χ0v) is 21.8. The Morgan fingerprint density at radius 3 is 1.74 bits per heavy atom. The van der Waals surface area contributed by atoms with E-state index < -0.39 is 27.1 Å². The summed E-state index contributed by atoms with van der Waals surface area (Å²) in [5.41, 5.74) is 1.29. The lowest BCUT2D eigenvalue weighted by Crippen LogP contribution is -2.30. The summed E-state index contributed by atoms with van der Waals surface area (Å²) in [6.45, 7) is 4.14. The van der Waals surface area contributed by atoms with Gasteiger partial charge in [-0.1, -0.05) is 108 Å². The molecule has 0 aromatic heterocycles. The third-order valence-corrected chi connectivity index (χ3v) is 7.13. The Morgan fingerprint density at radius 1 is 0.774 bits per heavy atom. The van der Waals surface area contributed by atoms with Crippen LogP contribution in [0.2, 0.25) is 0 Å². The van der Waals surface area contributed by atoms with E-state index in [0.29, 0.717) is 15.6 Å². The Labute approximate surface area is 200 Å². The SMILES string of the molecule is CCCCCCCCCCCCCCCCCC(=O)NC(=O)c1cc(C)ccc1I=O. The molecule has 1 aromatic carbocycles. The normalized spacial score (nSPS) is 10.9. The van der Waals surface area contributed by atoms with Crippen molar-refractivity contribution < 1.29 is 12.7 Å². The van der Waals surface area contributed by atoms with Gasteiger partial charge >= 0.3 is 0 Å². The lowest BCUT2D eigenvalue weighted by Gasteiger charge is -2.07. The van der Waals surface area contributed by atoms with Gasteiger partial charge in [-0.25, -0.2) is 0 Å². The van der Waals surface area contributed by atoms with Crippen LogP contribution in [0.5, 0.6) is 0 Å². The molecule has 0 bridgehead atoms. The number of hydrogen-bond acceptors (Lipinski definition) is 3. The molecule has 0 saturated carbocycles. The molecule has 5 heteroatoms. The molecule has 0 radical (unpaired) electrons. The van der Waals surface area contributed by atoms with Gasteiger partial charge in [0.1, 0.15) is 0 Å². The molecule has 0 spiro atoms. The highest BCUT2D eigenvalue weighted by Gasteiger charge is 2.14. The minimum atomic E-state index is -1.44. The quantitative estimate of drug-likeness (QED) is 0.151. The molecule has 1 rings (SSSR count). The van der Waals surface area contributed by atoms with Gasteiger partial charge in [0.15, 0.2) is 21.2 Å². The molecule has 0 aliphatic carbocycles. The summed E-state index contributed by atoms with van der Waals surface area (Å²) in [6, 6.07) is 5.24. The molecular weight excluding hydrogens is 501 g/mol. The third-order valence-electron chi connectivity index (χ3n) is 5.71. The highest BCUT2D eigenvalue weighted by atomic mass is 127. The summed E-state index contributed by atoms with van der Waals surface area (Å²) in [5, 5.41) is 2.45. The monoisotopic (exact) mass is 543 g/mol. The molecule has 0 unspecified atom stereocenters. The summed E-state index contributed by atoms with van der Waals surface area (Å²) in [5.74, 6) is -0.670. The largest absolute Gasteiger partial charge is 0.292 e. The molecule has 0 fully saturated rings. The van der Waals surface area contributed by atoms with Crippen LogP contribution in [0.15, 0.2) is 18.2 Å². The fraction of sp³-hybridized carbons (Fsp3) is 0.692. The molecule has 176 valence electrons. The van der Waals surface area contributed by atoms with E-state index in [1.165, 1.54) is 77.0 Å². The van der Waals surface area contributed by atoms with Gasteiger partial charge in [0.05, 0.1) is 9.13 Å². The topological polar surface area (TPSA) is 63.2 Å². The molecule has 4 nitrogen and oxygen atoms in total. The number of nitrogens with one attached hydrogen (secondary N) is 1. The van der Waals surface area contributed by atoms with E-state index in [1.54, 1.807) is 12.1 Å². The average molecular weight is 544 g/mol. The first-order valence-electron chi connectivity index (χ1n) is 12.3. The Balaban J connectivity index is 1.99. The summed E-state index contributed by atoms with van der Waals surface area (Å²) >= 11 is -1.44. The van der Waals surface area contributed by atoms with Gasteiger partial charge < -0.3 is 0 Å². The van der Waals surface area contributed by atoms with Crippen molar-refractivity contribution in [3.8, 4) is 0 Å².